The average Bonchev–Trinajstić information content (AvgIpc) is 2.53. The monoisotopic (exact) mass is 335 g/mol. The molecule has 1 aromatic carbocycles. The molecule has 0 spiro atoms. The predicted molar refractivity (Wildman–Crippen MR) is 97.7 cm³/mol. The van der Waals surface area contributed by atoms with Gasteiger partial charge in [0.15, 0.2) is 0 Å². The molecule has 0 saturated carbocycles. The number of carbonyl (C=O) groups excluding carboxylic acids is 1. The molecule has 1 aliphatic heterocycles. The Bertz CT molecular complexity index is 484. The van der Waals surface area contributed by atoms with E-state index in [4.69, 9.17) is 4.74 Å². The molecule has 0 unspecified atom stereocenters. The van der Waals surface area contributed by atoms with Gasteiger partial charge in [-0.25, -0.2) is 0 Å². The van der Waals surface area contributed by atoms with Gasteiger partial charge in [0.05, 0.1) is 6.61 Å². The summed E-state index contributed by atoms with van der Waals surface area (Å²) in [6.07, 6.45) is 3.46. The Morgan fingerprint density at radius 1 is 1.26 bits per heavy atom. The van der Waals surface area contributed by atoms with Crippen LogP contribution in [0.4, 0.5) is 0 Å². The molecular weight excluding hydrogens is 306 g/mol. The van der Waals surface area contributed by atoms with Crippen LogP contribution in [0.2, 0.25) is 0 Å². The standard InChI is InChI=1S/C19H29NO2S/c1-19(2,3)23-15-17-11-7-8-12-20(17)18(21)14-22-13-16-9-5-4-6-10-16/h4-6,9-10,17H,7-8,11-15H2,1-3H3/t17-/m0/s1. The number of likely N-dealkylation sites (tertiary alicyclic amines) is 1. The zero-order valence-electron chi connectivity index (χ0n) is 14.6. The molecule has 0 radical (unpaired) electrons. The molecule has 1 atom stereocenters. The van der Waals surface area contributed by atoms with Gasteiger partial charge < -0.3 is 9.64 Å². The summed E-state index contributed by atoms with van der Waals surface area (Å²) in [6.45, 7) is 8.26. The number of hydrogen-bond donors (Lipinski definition) is 0. The lowest BCUT2D eigenvalue weighted by molar-refractivity contribution is -0.139. The number of carbonyl (C=O) groups is 1. The van der Waals surface area contributed by atoms with Crippen molar-refractivity contribution in [3.8, 4) is 0 Å². The molecular formula is C19H29NO2S. The number of hydrogen-bond acceptors (Lipinski definition) is 3. The van der Waals surface area contributed by atoms with Gasteiger partial charge in [0, 0.05) is 23.1 Å². The third kappa shape index (κ3) is 6.56. The lowest BCUT2D eigenvalue weighted by Gasteiger charge is -2.37. The van der Waals surface area contributed by atoms with Crippen molar-refractivity contribution < 1.29 is 9.53 Å². The normalized spacial score (nSPS) is 18.9. The Morgan fingerprint density at radius 2 is 2.00 bits per heavy atom. The van der Waals surface area contributed by atoms with Gasteiger partial charge >= 0.3 is 0 Å². The minimum Gasteiger partial charge on any atom is -0.367 e. The SMILES string of the molecule is CC(C)(C)SC[C@@H]1CCCCN1C(=O)COCc1ccccc1. The summed E-state index contributed by atoms with van der Waals surface area (Å²) >= 11 is 1.95. The molecule has 128 valence electrons. The summed E-state index contributed by atoms with van der Waals surface area (Å²) in [5, 5.41) is 0. The average molecular weight is 336 g/mol. The Labute approximate surface area is 144 Å². The van der Waals surface area contributed by atoms with Crippen LogP contribution in [0.5, 0.6) is 0 Å². The van der Waals surface area contributed by atoms with Crippen LogP contribution in [0.25, 0.3) is 0 Å². The van der Waals surface area contributed by atoms with Crippen molar-refractivity contribution in [3.63, 3.8) is 0 Å². The zero-order valence-corrected chi connectivity index (χ0v) is 15.4. The van der Waals surface area contributed by atoms with Crippen LogP contribution in [0, 0.1) is 0 Å². The molecule has 0 bridgehead atoms. The Morgan fingerprint density at radius 3 is 2.70 bits per heavy atom. The highest BCUT2D eigenvalue weighted by molar-refractivity contribution is 8.00. The highest BCUT2D eigenvalue weighted by atomic mass is 32.2. The fourth-order valence-corrected chi connectivity index (χ4v) is 3.80. The lowest BCUT2D eigenvalue weighted by Crippen LogP contribution is -2.47. The van der Waals surface area contributed by atoms with Crippen LogP contribution in [-0.4, -0.2) is 40.5 Å². The number of thioether (sulfide) groups is 1. The summed E-state index contributed by atoms with van der Waals surface area (Å²) in [7, 11) is 0. The van der Waals surface area contributed by atoms with E-state index < -0.39 is 0 Å². The van der Waals surface area contributed by atoms with Crippen molar-refractivity contribution in [1.29, 1.82) is 0 Å². The van der Waals surface area contributed by atoms with Crippen molar-refractivity contribution in [1.82, 2.24) is 4.90 Å². The highest BCUT2D eigenvalue weighted by Gasteiger charge is 2.27. The van der Waals surface area contributed by atoms with Gasteiger partial charge in [0.2, 0.25) is 5.91 Å². The fraction of sp³-hybridized carbons (Fsp3) is 0.632. The van der Waals surface area contributed by atoms with Crippen LogP contribution in [-0.2, 0) is 16.1 Å². The van der Waals surface area contributed by atoms with E-state index in [0.717, 1.165) is 30.7 Å². The second-order valence-corrected chi connectivity index (χ2v) is 8.99. The second kappa shape index (κ2) is 8.74. The number of ether oxygens (including phenoxy) is 1. The first kappa shape index (κ1) is 18.3. The van der Waals surface area contributed by atoms with E-state index in [1.807, 2.05) is 47.0 Å². The number of nitrogens with zero attached hydrogens (tertiary/aromatic N) is 1. The Hall–Kier alpha value is -1.00. The third-order valence-electron chi connectivity index (χ3n) is 3.99. The summed E-state index contributed by atoms with van der Waals surface area (Å²) in [6, 6.07) is 10.4. The van der Waals surface area contributed by atoms with E-state index >= 15 is 0 Å². The van der Waals surface area contributed by atoms with Crippen molar-refractivity contribution >= 4 is 17.7 Å². The predicted octanol–water partition coefficient (Wildman–Crippen LogP) is 4.12. The molecule has 0 N–H and O–H groups in total. The second-order valence-electron chi connectivity index (χ2n) is 7.14. The first-order valence-corrected chi connectivity index (χ1v) is 9.49. The molecule has 1 aromatic rings. The van der Waals surface area contributed by atoms with E-state index in [1.54, 1.807) is 0 Å². The molecule has 23 heavy (non-hydrogen) atoms. The van der Waals surface area contributed by atoms with Gasteiger partial charge in [0.1, 0.15) is 6.61 Å². The summed E-state index contributed by atoms with van der Waals surface area (Å²) in [5.74, 6) is 1.16. The smallest absolute Gasteiger partial charge is 0.248 e. The third-order valence-corrected chi connectivity index (χ3v) is 5.41. The first-order chi connectivity index (χ1) is 11.0. The van der Waals surface area contributed by atoms with Gasteiger partial charge in [0.25, 0.3) is 0 Å². The van der Waals surface area contributed by atoms with Crippen molar-refractivity contribution in [2.45, 2.75) is 57.4 Å². The maximum absolute atomic E-state index is 12.5. The molecule has 1 fully saturated rings. The maximum atomic E-state index is 12.5. The van der Waals surface area contributed by atoms with E-state index in [2.05, 4.69) is 20.8 Å². The summed E-state index contributed by atoms with van der Waals surface area (Å²) in [5.41, 5.74) is 1.11. The van der Waals surface area contributed by atoms with Crippen molar-refractivity contribution in [3.05, 3.63) is 35.9 Å². The van der Waals surface area contributed by atoms with E-state index in [-0.39, 0.29) is 17.3 Å². The van der Waals surface area contributed by atoms with Crippen LogP contribution in [0.15, 0.2) is 30.3 Å². The molecule has 0 aliphatic carbocycles. The topological polar surface area (TPSA) is 29.5 Å². The maximum Gasteiger partial charge on any atom is 0.248 e. The zero-order chi connectivity index (χ0) is 16.7. The van der Waals surface area contributed by atoms with E-state index in [1.165, 1.54) is 6.42 Å². The van der Waals surface area contributed by atoms with Crippen LogP contribution < -0.4 is 0 Å². The quantitative estimate of drug-likeness (QED) is 0.783. The molecule has 0 aromatic heterocycles. The summed E-state index contributed by atoms with van der Waals surface area (Å²) < 4.78 is 5.88. The Balaban J connectivity index is 1.80. The van der Waals surface area contributed by atoms with Gasteiger partial charge in [-0.15, -0.1) is 0 Å². The van der Waals surface area contributed by atoms with Gasteiger partial charge in [-0.3, -0.25) is 4.79 Å². The molecule has 1 heterocycles. The fourth-order valence-electron chi connectivity index (χ4n) is 2.76. The minimum atomic E-state index is 0.139. The van der Waals surface area contributed by atoms with Crippen molar-refractivity contribution in [2.75, 3.05) is 18.9 Å². The molecule has 4 heteroatoms. The molecule has 3 nitrogen and oxygen atoms in total. The van der Waals surface area contributed by atoms with E-state index in [9.17, 15) is 4.79 Å². The Kier molecular flexibility index (Phi) is 6.97. The molecule has 2 rings (SSSR count). The number of benzene rings is 1. The van der Waals surface area contributed by atoms with Gasteiger partial charge in [-0.2, -0.15) is 11.8 Å². The minimum absolute atomic E-state index is 0.139. The lowest BCUT2D eigenvalue weighted by atomic mass is 10.0. The molecule has 1 aliphatic rings. The summed E-state index contributed by atoms with van der Waals surface area (Å²) in [4.78, 5) is 14.6. The van der Waals surface area contributed by atoms with Gasteiger partial charge in [-0.05, 0) is 24.8 Å². The number of piperidine rings is 1. The number of amides is 1. The van der Waals surface area contributed by atoms with Crippen LogP contribution >= 0.6 is 11.8 Å². The van der Waals surface area contributed by atoms with Crippen LogP contribution in [0.3, 0.4) is 0 Å². The number of rotatable bonds is 6. The first-order valence-electron chi connectivity index (χ1n) is 8.51. The largest absolute Gasteiger partial charge is 0.367 e. The van der Waals surface area contributed by atoms with Crippen LogP contribution in [0.1, 0.15) is 45.6 Å². The van der Waals surface area contributed by atoms with Gasteiger partial charge in [-0.1, -0.05) is 51.1 Å². The highest BCUT2D eigenvalue weighted by Crippen LogP contribution is 2.28. The van der Waals surface area contributed by atoms with Crippen molar-refractivity contribution in [2.24, 2.45) is 0 Å². The molecule has 1 saturated heterocycles. The van der Waals surface area contributed by atoms with E-state index in [0.29, 0.717) is 12.6 Å². The molecule has 1 amide bonds.